The van der Waals surface area contributed by atoms with Gasteiger partial charge in [0, 0.05) is 18.5 Å². The summed E-state index contributed by atoms with van der Waals surface area (Å²) in [6.45, 7) is 2.04. The lowest BCUT2D eigenvalue weighted by Crippen LogP contribution is -2.50. The summed E-state index contributed by atoms with van der Waals surface area (Å²) < 4.78 is 5.15. The van der Waals surface area contributed by atoms with E-state index >= 15 is 0 Å². The summed E-state index contributed by atoms with van der Waals surface area (Å²) in [6.07, 6.45) is 3.31. The Labute approximate surface area is 110 Å². The Bertz CT molecular complexity index is 535. The molecule has 2 aliphatic rings. The molecule has 1 aromatic heterocycles. The van der Waals surface area contributed by atoms with Crippen molar-refractivity contribution < 1.29 is 19.2 Å². The molecule has 1 saturated carbocycles. The molecule has 1 aromatic rings. The highest BCUT2D eigenvalue weighted by Crippen LogP contribution is 2.40. The third-order valence-corrected chi connectivity index (χ3v) is 4.07. The highest BCUT2D eigenvalue weighted by Gasteiger charge is 2.46. The van der Waals surface area contributed by atoms with E-state index in [1.54, 1.807) is 13.0 Å². The van der Waals surface area contributed by atoms with Crippen molar-refractivity contribution in [3.05, 3.63) is 17.5 Å². The van der Waals surface area contributed by atoms with Crippen LogP contribution < -0.4 is 0 Å². The molecule has 0 radical (unpaired) electrons. The number of carboxylic acids is 1. The Morgan fingerprint density at radius 1 is 1.53 bits per heavy atom. The van der Waals surface area contributed by atoms with E-state index < -0.39 is 11.5 Å². The van der Waals surface area contributed by atoms with Crippen LogP contribution in [0.15, 0.2) is 10.6 Å². The number of rotatable bonds is 3. The molecule has 2 heterocycles. The molecule has 1 amide bonds. The number of likely N-dealkylation sites (tertiary alicyclic amines) is 1. The molecule has 1 saturated heterocycles. The Morgan fingerprint density at radius 2 is 2.26 bits per heavy atom. The van der Waals surface area contributed by atoms with Gasteiger partial charge in [-0.05, 0) is 32.6 Å². The summed E-state index contributed by atoms with van der Waals surface area (Å²) in [5, 5.41) is 13.1. The number of hydrogen-bond acceptors (Lipinski definition) is 4. The summed E-state index contributed by atoms with van der Waals surface area (Å²) in [5.74, 6) is -0.194. The topological polar surface area (TPSA) is 83.6 Å². The van der Waals surface area contributed by atoms with E-state index in [0.717, 1.165) is 18.6 Å². The molecule has 1 atom stereocenters. The van der Waals surface area contributed by atoms with Crippen LogP contribution in [0.5, 0.6) is 0 Å². The Kier molecular flexibility index (Phi) is 2.62. The van der Waals surface area contributed by atoms with Gasteiger partial charge in [0.1, 0.15) is 11.3 Å². The van der Waals surface area contributed by atoms with Crippen LogP contribution in [0, 0.1) is 0 Å². The first kappa shape index (κ1) is 12.2. The zero-order valence-corrected chi connectivity index (χ0v) is 10.8. The van der Waals surface area contributed by atoms with Crippen molar-refractivity contribution in [1.82, 2.24) is 10.1 Å². The van der Waals surface area contributed by atoms with E-state index in [4.69, 9.17) is 4.52 Å². The van der Waals surface area contributed by atoms with E-state index in [1.807, 2.05) is 0 Å². The Hall–Kier alpha value is -1.85. The summed E-state index contributed by atoms with van der Waals surface area (Å²) in [4.78, 5) is 25.1. The van der Waals surface area contributed by atoms with E-state index in [0.29, 0.717) is 25.3 Å². The standard InChI is InChI=1S/C13H16N2O4/c1-13(12(17)18)5-2-6-15(13)11(16)9-7-10(19-14-9)8-3-4-8/h7-8H,2-6H2,1H3,(H,17,18). The van der Waals surface area contributed by atoms with Crippen LogP contribution in [0.2, 0.25) is 0 Å². The van der Waals surface area contributed by atoms with Gasteiger partial charge in [0.15, 0.2) is 5.69 Å². The molecule has 6 heteroatoms. The van der Waals surface area contributed by atoms with E-state index in [-0.39, 0.29) is 11.6 Å². The highest BCUT2D eigenvalue weighted by molar-refractivity contribution is 5.96. The van der Waals surface area contributed by atoms with Crippen molar-refractivity contribution in [1.29, 1.82) is 0 Å². The van der Waals surface area contributed by atoms with Gasteiger partial charge in [-0.25, -0.2) is 4.79 Å². The molecule has 3 rings (SSSR count). The number of carbonyl (C=O) groups is 2. The van der Waals surface area contributed by atoms with Crippen LogP contribution in [0.1, 0.15) is 54.8 Å². The first-order valence-electron chi connectivity index (χ1n) is 6.54. The van der Waals surface area contributed by atoms with Gasteiger partial charge in [-0.1, -0.05) is 5.16 Å². The molecule has 6 nitrogen and oxygen atoms in total. The van der Waals surface area contributed by atoms with Gasteiger partial charge in [0.25, 0.3) is 5.91 Å². The van der Waals surface area contributed by atoms with Gasteiger partial charge in [0.2, 0.25) is 0 Å². The molecule has 0 bridgehead atoms. The van der Waals surface area contributed by atoms with Crippen LogP contribution in [-0.4, -0.2) is 39.1 Å². The lowest BCUT2D eigenvalue weighted by Gasteiger charge is -2.30. The van der Waals surface area contributed by atoms with Crippen molar-refractivity contribution in [2.45, 2.75) is 44.1 Å². The van der Waals surface area contributed by atoms with Crippen molar-refractivity contribution in [3.63, 3.8) is 0 Å². The summed E-state index contributed by atoms with van der Waals surface area (Å²) in [5.41, 5.74) is -0.910. The molecule has 1 unspecified atom stereocenters. The molecule has 1 N–H and O–H groups in total. The first-order valence-corrected chi connectivity index (χ1v) is 6.54. The number of amides is 1. The first-order chi connectivity index (χ1) is 9.02. The number of aliphatic carboxylic acids is 1. The zero-order valence-electron chi connectivity index (χ0n) is 10.8. The molecule has 19 heavy (non-hydrogen) atoms. The molecule has 102 valence electrons. The largest absolute Gasteiger partial charge is 0.480 e. The number of carboxylic acid groups (broad SMARTS) is 1. The lowest BCUT2D eigenvalue weighted by molar-refractivity contribution is -0.147. The van der Waals surface area contributed by atoms with Crippen molar-refractivity contribution in [2.24, 2.45) is 0 Å². The average Bonchev–Trinajstić information content (AvgIpc) is 2.97. The van der Waals surface area contributed by atoms with Crippen LogP contribution in [0.4, 0.5) is 0 Å². The fourth-order valence-corrected chi connectivity index (χ4v) is 2.60. The van der Waals surface area contributed by atoms with E-state index in [9.17, 15) is 14.7 Å². The maximum Gasteiger partial charge on any atom is 0.329 e. The molecule has 1 aliphatic carbocycles. The van der Waals surface area contributed by atoms with Gasteiger partial charge >= 0.3 is 5.97 Å². The smallest absolute Gasteiger partial charge is 0.329 e. The monoisotopic (exact) mass is 264 g/mol. The Morgan fingerprint density at radius 3 is 2.89 bits per heavy atom. The zero-order chi connectivity index (χ0) is 13.6. The van der Waals surface area contributed by atoms with Gasteiger partial charge in [-0.15, -0.1) is 0 Å². The minimum Gasteiger partial charge on any atom is -0.480 e. The third-order valence-electron chi connectivity index (χ3n) is 4.07. The van der Waals surface area contributed by atoms with Crippen LogP contribution in [0.25, 0.3) is 0 Å². The van der Waals surface area contributed by atoms with Crippen molar-refractivity contribution in [3.8, 4) is 0 Å². The molecule has 2 fully saturated rings. The predicted molar refractivity (Wildman–Crippen MR) is 64.8 cm³/mol. The third kappa shape index (κ3) is 1.91. The molecular weight excluding hydrogens is 248 g/mol. The normalized spacial score (nSPS) is 26.7. The second-order valence-corrected chi connectivity index (χ2v) is 5.53. The second-order valence-electron chi connectivity index (χ2n) is 5.53. The van der Waals surface area contributed by atoms with E-state index in [2.05, 4.69) is 5.16 Å². The van der Waals surface area contributed by atoms with Gasteiger partial charge in [0.05, 0.1) is 0 Å². The summed E-state index contributed by atoms with van der Waals surface area (Å²) in [6, 6.07) is 1.65. The summed E-state index contributed by atoms with van der Waals surface area (Å²) in [7, 11) is 0. The van der Waals surface area contributed by atoms with Crippen LogP contribution in [-0.2, 0) is 4.79 Å². The fraction of sp³-hybridized carbons (Fsp3) is 0.615. The van der Waals surface area contributed by atoms with Crippen molar-refractivity contribution >= 4 is 11.9 Å². The quantitative estimate of drug-likeness (QED) is 0.897. The molecule has 1 aliphatic heterocycles. The molecular formula is C13H16N2O4. The number of nitrogens with zero attached hydrogens (tertiary/aromatic N) is 2. The molecule has 0 aromatic carbocycles. The minimum atomic E-state index is -1.13. The maximum absolute atomic E-state index is 12.4. The minimum absolute atomic E-state index is 0.219. The Balaban J connectivity index is 1.84. The van der Waals surface area contributed by atoms with Gasteiger partial charge in [-0.3, -0.25) is 4.79 Å². The maximum atomic E-state index is 12.4. The van der Waals surface area contributed by atoms with Crippen LogP contribution >= 0.6 is 0 Å². The number of carbonyl (C=O) groups excluding carboxylic acids is 1. The summed E-state index contributed by atoms with van der Waals surface area (Å²) >= 11 is 0. The van der Waals surface area contributed by atoms with Crippen molar-refractivity contribution in [2.75, 3.05) is 6.54 Å². The van der Waals surface area contributed by atoms with E-state index in [1.165, 1.54) is 4.90 Å². The number of aromatic nitrogens is 1. The lowest BCUT2D eigenvalue weighted by atomic mass is 9.99. The SMILES string of the molecule is CC1(C(=O)O)CCCN1C(=O)c1cc(C2CC2)on1. The fourth-order valence-electron chi connectivity index (χ4n) is 2.60. The van der Waals surface area contributed by atoms with Gasteiger partial charge < -0.3 is 14.5 Å². The predicted octanol–water partition coefficient (Wildman–Crippen LogP) is 1.63. The number of hydrogen-bond donors (Lipinski definition) is 1. The highest BCUT2D eigenvalue weighted by atomic mass is 16.5. The van der Waals surface area contributed by atoms with Crippen LogP contribution in [0.3, 0.4) is 0 Å². The van der Waals surface area contributed by atoms with Gasteiger partial charge in [-0.2, -0.15) is 0 Å². The average molecular weight is 264 g/mol. The molecule has 0 spiro atoms. The second kappa shape index (κ2) is 4.08.